The number of rotatable bonds is 6. The van der Waals surface area contributed by atoms with Gasteiger partial charge in [-0.3, -0.25) is 0 Å². The Balaban J connectivity index is 2.44. The van der Waals surface area contributed by atoms with E-state index in [4.69, 9.17) is 4.43 Å². The van der Waals surface area contributed by atoms with Crippen LogP contribution in [0, 0.1) is 13.8 Å². The van der Waals surface area contributed by atoms with E-state index in [1.54, 1.807) is 0 Å². The monoisotopic (exact) mass is 388 g/mol. The first-order chi connectivity index (χ1) is 12.0. The number of aryl methyl sites for hydroxylation is 2. The Morgan fingerprint density at radius 3 is 2.04 bits per heavy atom. The van der Waals surface area contributed by atoms with Gasteiger partial charge in [0.25, 0.3) is 0 Å². The van der Waals surface area contributed by atoms with Gasteiger partial charge in [0.2, 0.25) is 8.32 Å². The zero-order valence-electron chi connectivity index (χ0n) is 18.1. The summed E-state index contributed by atoms with van der Waals surface area (Å²) in [6, 6.07) is 9.25. The zero-order chi connectivity index (χ0) is 19.8. The minimum atomic E-state index is -1.82. The Kier molecular flexibility index (Phi) is 6.14. The van der Waals surface area contributed by atoms with E-state index in [1.165, 1.54) is 21.6 Å². The van der Waals surface area contributed by atoms with Crippen molar-refractivity contribution in [3.05, 3.63) is 51.2 Å². The van der Waals surface area contributed by atoms with Crippen molar-refractivity contribution >= 4 is 19.7 Å². The maximum Gasteiger partial charge on any atom is 0.250 e. The van der Waals surface area contributed by atoms with Gasteiger partial charge in [-0.1, -0.05) is 46.8 Å². The average molecular weight is 389 g/mol. The molecule has 144 valence electrons. The zero-order valence-corrected chi connectivity index (χ0v) is 19.9. The Morgan fingerprint density at radius 1 is 1.00 bits per heavy atom. The van der Waals surface area contributed by atoms with Gasteiger partial charge >= 0.3 is 0 Å². The van der Waals surface area contributed by atoms with Crippen molar-refractivity contribution in [2.24, 2.45) is 0 Å². The predicted molar refractivity (Wildman–Crippen MR) is 119 cm³/mol. The highest BCUT2D eigenvalue weighted by Crippen LogP contribution is 2.44. The lowest BCUT2D eigenvalue weighted by atomic mass is 9.74. The smallest absolute Gasteiger partial charge is 0.250 e. The summed E-state index contributed by atoms with van der Waals surface area (Å²) in [6.45, 7) is 20.5. The third-order valence-corrected chi connectivity index (χ3v) is 11.9. The van der Waals surface area contributed by atoms with Crippen LogP contribution in [0.25, 0.3) is 0 Å². The third-order valence-electron chi connectivity index (χ3n) is 6.31. The maximum atomic E-state index is 6.58. The van der Waals surface area contributed by atoms with Crippen LogP contribution < -0.4 is 4.43 Å². The molecule has 0 atom stereocenters. The minimum Gasteiger partial charge on any atom is -0.543 e. The van der Waals surface area contributed by atoms with E-state index in [0.29, 0.717) is 0 Å². The summed E-state index contributed by atoms with van der Waals surface area (Å²) in [6.07, 6.45) is 2.23. The van der Waals surface area contributed by atoms with Crippen molar-refractivity contribution in [2.75, 3.05) is 0 Å². The highest BCUT2D eigenvalue weighted by atomic mass is 32.1. The van der Waals surface area contributed by atoms with Crippen molar-refractivity contribution in [3.63, 3.8) is 0 Å². The summed E-state index contributed by atoms with van der Waals surface area (Å²) in [5, 5.41) is 2.49. The summed E-state index contributed by atoms with van der Waals surface area (Å²) in [4.78, 5) is 1.48. The van der Waals surface area contributed by atoms with Crippen molar-refractivity contribution in [2.45, 2.75) is 84.9 Å². The van der Waals surface area contributed by atoms with Crippen LogP contribution in [0.2, 0.25) is 18.1 Å². The quantitative estimate of drug-likeness (QED) is 0.458. The van der Waals surface area contributed by atoms with Gasteiger partial charge in [0.15, 0.2) is 0 Å². The molecule has 1 aromatic heterocycles. The van der Waals surface area contributed by atoms with Crippen molar-refractivity contribution in [1.82, 2.24) is 0 Å². The van der Waals surface area contributed by atoms with Crippen LogP contribution in [0.3, 0.4) is 0 Å². The summed E-state index contributed by atoms with van der Waals surface area (Å²) in [7, 11) is -1.82. The van der Waals surface area contributed by atoms with E-state index in [0.717, 1.165) is 18.6 Å². The molecular weight excluding hydrogens is 352 g/mol. The summed E-state index contributed by atoms with van der Waals surface area (Å²) in [5.74, 6) is 1.06. The molecule has 0 N–H and O–H groups in total. The highest BCUT2D eigenvalue weighted by Gasteiger charge is 2.39. The second-order valence-corrected chi connectivity index (χ2v) is 14.8. The molecule has 1 aromatic carbocycles. The van der Waals surface area contributed by atoms with Crippen LogP contribution >= 0.6 is 11.3 Å². The topological polar surface area (TPSA) is 9.23 Å². The fourth-order valence-electron chi connectivity index (χ4n) is 3.32. The Morgan fingerprint density at radius 2 is 1.62 bits per heavy atom. The number of benzene rings is 1. The van der Waals surface area contributed by atoms with Crippen molar-refractivity contribution < 1.29 is 4.43 Å². The van der Waals surface area contributed by atoms with E-state index < -0.39 is 8.32 Å². The lowest BCUT2D eigenvalue weighted by Crippen LogP contribution is -2.44. The largest absolute Gasteiger partial charge is 0.543 e. The number of hydrogen-bond acceptors (Lipinski definition) is 2. The first kappa shape index (κ1) is 21.2. The summed E-state index contributed by atoms with van der Waals surface area (Å²) >= 11 is 1.90. The van der Waals surface area contributed by atoms with Crippen LogP contribution in [0.4, 0.5) is 0 Å². The molecule has 2 rings (SSSR count). The molecule has 0 aliphatic rings. The van der Waals surface area contributed by atoms with Gasteiger partial charge in [-0.05, 0) is 79.0 Å². The lowest BCUT2D eigenvalue weighted by Gasteiger charge is -2.37. The van der Waals surface area contributed by atoms with Crippen LogP contribution in [-0.4, -0.2) is 8.32 Å². The molecule has 0 bridgehead atoms. The van der Waals surface area contributed by atoms with Crippen LogP contribution in [0.1, 0.15) is 69.0 Å². The maximum absolute atomic E-state index is 6.58. The van der Waals surface area contributed by atoms with Gasteiger partial charge in [-0.15, -0.1) is 11.3 Å². The van der Waals surface area contributed by atoms with Crippen LogP contribution in [-0.2, 0) is 5.41 Å². The fraction of sp³-hybridized carbons (Fsp3) is 0.565. The first-order valence-corrected chi connectivity index (χ1v) is 13.6. The Labute approximate surface area is 165 Å². The second kappa shape index (κ2) is 7.51. The van der Waals surface area contributed by atoms with E-state index in [9.17, 15) is 0 Å². The lowest BCUT2D eigenvalue weighted by molar-refractivity contribution is 0.477. The van der Waals surface area contributed by atoms with E-state index in [2.05, 4.69) is 91.2 Å². The molecule has 1 heterocycles. The molecule has 0 saturated heterocycles. The molecule has 2 aromatic rings. The minimum absolute atomic E-state index is 0.110. The molecule has 0 aliphatic carbocycles. The van der Waals surface area contributed by atoms with Gasteiger partial charge < -0.3 is 4.43 Å². The normalized spacial score (nSPS) is 13.1. The van der Waals surface area contributed by atoms with Gasteiger partial charge in [0.05, 0.1) is 0 Å². The molecule has 1 nitrogen and oxygen atoms in total. The molecule has 0 saturated carbocycles. The SMILES string of the molecule is CCC(CC)(c1ccc(O[Si](C)(C)C(C)(C)C)c(C)c1)c1cc(C)cs1. The standard InChI is InChI=1S/C23H36OSSi/c1-10-23(11-2,21-14-17(3)16-25-21)19-12-13-20(18(4)15-19)24-26(8,9)22(5,6)7/h12-16H,10-11H2,1-9H3. The molecule has 3 heteroatoms. The number of hydrogen-bond donors (Lipinski definition) is 0. The molecule has 0 fully saturated rings. The first-order valence-electron chi connectivity index (χ1n) is 9.82. The van der Waals surface area contributed by atoms with Gasteiger partial charge in [0.1, 0.15) is 5.75 Å². The molecule has 0 spiro atoms. The highest BCUT2D eigenvalue weighted by molar-refractivity contribution is 7.10. The number of thiophene rings is 1. The van der Waals surface area contributed by atoms with Crippen LogP contribution in [0.5, 0.6) is 5.75 Å². The Hall–Kier alpha value is -1.06. The van der Waals surface area contributed by atoms with E-state index in [-0.39, 0.29) is 10.5 Å². The predicted octanol–water partition coefficient (Wildman–Crippen LogP) is 7.86. The van der Waals surface area contributed by atoms with Gasteiger partial charge in [0, 0.05) is 10.3 Å². The van der Waals surface area contributed by atoms with Crippen molar-refractivity contribution in [3.8, 4) is 5.75 Å². The van der Waals surface area contributed by atoms with Crippen molar-refractivity contribution in [1.29, 1.82) is 0 Å². The summed E-state index contributed by atoms with van der Waals surface area (Å²) < 4.78 is 6.58. The average Bonchev–Trinajstić information content (AvgIpc) is 2.97. The second-order valence-electron chi connectivity index (χ2n) is 9.12. The molecule has 0 unspecified atom stereocenters. The van der Waals surface area contributed by atoms with E-state index >= 15 is 0 Å². The fourth-order valence-corrected chi connectivity index (χ4v) is 5.67. The molecule has 26 heavy (non-hydrogen) atoms. The van der Waals surface area contributed by atoms with Gasteiger partial charge in [-0.2, -0.15) is 0 Å². The molecule has 0 aliphatic heterocycles. The molecule has 0 radical (unpaired) electrons. The summed E-state index contributed by atoms with van der Waals surface area (Å²) in [5.41, 5.74) is 4.15. The van der Waals surface area contributed by atoms with E-state index in [1.807, 2.05) is 11.3 Å². The Bertz CT molecular complexity index is 748. The van der Waals surface area contributed by atoms with Crippen LogP contribution in [0.15, 0.2) is 29.6 Å². The molecule has 0 amide bonds. The third kappa shape index (κ3) is 3.94. The van der Waals surface area contributed by atoms with Gasteiger partial charge in [-0.25, -0.2) is 0 Å². The molecular formula is C23H36OSSi.